The normalized spacial score (nSPS) is 11.6. The van der Waals surface area contributed by atoms with Crippen LogP contribution in [0.3, 0.4) is 0 Å². The number of nitrogens with one attached hydrogen (secondary N) is 1. The van der Waals surface area contributed by atoms with E-state index in [1.807, 2.05) is 47.4 Å². The zero-order chi connectivity index (χ0) is 14.9. The number of para-hydroxylation sites is 1. The molecule has 2 aromatic heterocycles. The van der Waals surface area contributed by atoms with E-state index >= 15 is 0 Å². The van der Waals surface area contributed by atoms with Crippen molar-refractivity contribution < 1.29 is 0 Å². The van der Waals surface area contributed by atoms with Crippen molar-refractivity contribution in [1.82, 2.24) is 14.8 Å². The topological polar surface area (TPSA) is 42.7 Å². The molecule has 0 fully saturated rings. The molecule has 0 unspecified atom stereocenters. The van der Waals surface area contributed by atoms with Crippen molar-refractivity contribution in [3.63, 3.8) is 0 Å². The van der Waals surface area contributed by atoms with E-state index in [1.54, 1.807) is 11.3 Å². The monoisotopic (exact) mass is 298 g/mol. The maximum atomic E-state index is 4.63. The Kier molecular flexibility index (Phi) is 3.51. The van der Waals surface area contributed by atoms with Gasteiger partial charge in [0.2, 0.25) is 0 Å². The number of aromatic nitrogens is 3. The Labute approximate surface area is 128 Å². The summed E-state index contributed by atoms with van der Waals surface area (Å²) >= 11 is 1.62. The lowest BCUT2D eigenvalue weighted by Gasteiger charge is -2.19. The van der Waals surface area contributed by atoms with Crippen molar-refractivity contribution >= 4 is 16.5 Å². The molecule has 108 valence electrons. The molecule has 0 saturated heterocycles. The van der Waals surface area contributed by atoms with Crippen LogP contribution in [0.15, 0.2) is 48.1 Å². The van der Waals surface area contributed by atoms with Gasteiger partial charge in [0, 0.05) is 22.7 Å². The molecule has 0 aliphatic rings. The molecule has 0 spiro atoms. The van der Waals surface area contributed by atoms with Crippen LogP contribution in [0.4, 0.5) is 5.13 Å². The number of hydrogen-bond acceptors (Lipinski definition) is 4. The summed E-state index contributed by atoms with van der Waals surface area (Å²) < 4.78 is 1.87. The van der Waals surface area contributed by atoms with E-state index < -0.39 is 0 Å². The number of nitrogens with zero attached hydrogens (tertiary/aromatic N) is 3. The summed E-state index contributed by atoms with van der Waals surface area (Å²) in [6.07, 6.45) is 3.86. The maximum Gasteiger partial charge on any atom is 0.183 e. The van der Waals surface area contributed by atoms with Crippen LogP contribution >= 0.6 is 11.3 Å². The summed E-state index contributed by atoms with van der Waals surface area (Å²) in [4.78, 5) is 4.63. The molecule has 0 saturated carbocycles. The van der Waals surface area contributed by atoms with Crippen molar-refractivity contribution in [3.8, 4) is 16.9 Å². The lowest BCUT2D eigenvalue weighted by molar-refractivity contribution is 0.633. The second kappa shape index (κ2) is 5.33. The number of benzene rings is 1. The molecule has 0 aliphatic carbocycles. The van der Waals surface area contributed by atoms with Gasteiger partial charge in [-0.3, -0.25) is 0 Å². The van der Waals surface area contributed by atoms with Crippen LogP contribution in [0, 0.1) is 0 Å². The standard InChI is InChI=1S/C16H18N4S/c1-16(2,3)19-15-18-14(11-21-15)12-9-17-20(10-12)13-7-5-4-6-8-13/h4-11H,1-3H3,(H,18,19). The highest BCUT2D eigenvalue weighted by molar-refractivity contribution is 7.14. The third-order valence-electron chi connectivity index (χ3n) is 2.89. The molecule has 0 amide bonds. The first-order valence-corrected chi connectivity index (χ1v) is 7.73. The Balaban J connectivity index is 1.84. The molecule has 5 heteroatoms. The molecule has 4 nitrogen and oxygen atoms in total. The lowest BCUT2D eigenvalue weighted by Crippen LogP contribution is -2.25. The Morgan fingerprint density at radius 1 is 1.14 bits per heavy atom. The highest BCUT2D eigenvalue weighted by atomic mass is 32.1. The maximum absolute atomic E-state index is 4.63. The second-order valence-electron chi connectivity index (χ2n) is 5.92. The quantitative estimate of drug-likeness (QED) is 0.787. The van der Waals surface area contributed by atoms with E-state index in [2.05, 4.69) is 41.6 Å². The van der Waals surface area contributed by atoms with Gasteiger partial charge in [-0.15, -0.1) is 11.3 Å². The van der Waals surface area contributed by atoms with Crippen molar-refractivity contribution in [2.24, 2.45) is 0 Å². The average molecular weight is 298 g/mol. The summed E-state index contributed by atoms with van der Waals surface area (Å²) in [7, 11) is 0. The zero-order valence-corrected chi connectivity index (χ0v) is 13.2. The Morgan fingerprint density at radius 2 is 1.90 bits per heavy atom. The van der Waals surface area contributed by atoms with Crippen molar-refractivity contribution in [2.75, 3.05) is 5.32 Å². The van der Waals surface area contributed by atoms with E-state index in [1.165, 1.54) is 0 Å². The van der Waals surface area contributed by atoms with E-state index in [0.717, 1.165) is 22.1 Å². The van der Waals surface area contributed by atoms with E-state index in [9.17, 15) is 0 Å². The van der Waals surface area contributed by atoms with Crippen LogP contribution in [0.2, 0.25) is 0 Å². The fourth-order valence-corrected chi connectivity index (χ4v) is 2.89. The second-order valence-corrected chi connectivity index (χ2v) is 6.78. The lowest BCUT2D eigenvalue weighted by atomic mass is 10.1. The fourth-order valence-electron chi connectivity index (χ4n) is 1.96. The van der Waals surface area contributed by atoms with Crippen LogP contribution in [-0.2, 0) is 0 Å². The van der Waals surface area contributed by atoms with Gasteiger partial charge in [0.15, 0.2) is 5.13 Å². The van der Waals surface area contributed by atoms with Gasteiger partial charge in [-0.25, -0.2) is 9.67 Å². The summed E-state index contributed by atoms with van der Waals surface area (Å²) in [5, 5.41) is 10.8. The zero-order valence-electron chi connectivity index (χ0n) is 12.4. The van der Waals surface area contributed by atoms with Gasteiger partial charge in [-0.05, 0) is 32.9 Å². The van der Waals surface area contributed by atoms with Crippen LogP contribution < -0.4 is 5.32 Å². The van der Waals surface area contributed by atoms with Gasteiger partial charge in [0.25, 0.3) is 0 Å². The fraction of sp³-hybridized carbons (Fsp3) is 0.250. The van der Waals surface area contributed by atoms with Crippen LogP contribution in [0.25, 0.3) is 16.9 Å². The highest BCUT2D eigenvalue weighted by Crippen LogP contribution is 2.26. The number of rotatable bonds is 3. The van der Waals surface area contributed by atoms with E-state index in [4.69, 9.17) is 0 Å². The van der Waals surface area contributed by atoms with Gasteiger partial charge < -0.3 is 5.32 Å². The minimum absolute atomic E-state index is 0.0172. The number of hydrogen-bond donors (Lipinski definition) is 1. The smallest absolute Gasteiger partial charge is 0.183 e. The molecule has 2 heterocycles. The third-order valence-corrected chi connectivity index (χ3v) is 3.64. The molecule has 0 atom stereocenters. The van der Waals surface area contributed by atoms with Gasteiger partial charge >= 0.3 is 0 Å². The van der Waals surface area contributed by atoms with E-state index in [-0.39, 0.29) is 5.54 Å². The first-order chi connectivity index (χ1) is 10.0. The molecular formula is C16H18N4S. The minimum atomic E-state index is 0.0172. The average Bonchev–Trinajstić information content (AvgIpc) is 3.06. The molecular weight excluding hydrogens is 280 g/mol. The van der Waals surface area contributed by atoms with Crippen LogP contribution in [0.1, 0.15) is 20.8 Å². The molecule has 0 radical (unpaired) electrons. The molecule has 1 N–H and O–H groups in total. The number of thiazole rings is 1. The third kappa shape index (κ3) is 3.31. The van der Waals surface area contributed by atoms with Gasteiger partial charge in [0.05, 0.1) is 17.6 Å². The summed E-state index contributed by atoms with van der Waals surface area (Å²) in [5.74, 6) is 0. The Morgan fingerprint density at radius 3 is 2.62 bits per heavy atom. The van der Waals surface area contributed by atoms with E-state index in [0.29, 0.717) is 0 Å². The number of anilines is 1. The summed E-state index contributed by atoms with van der Waals surface area (Å²) in [5.41, 5.74) is 3.04. The molecule has 3 rings (SSSR count). The summed E-state index contributed by atoms with van der Waals surface area (Å²) in [6, 6.07) is 10.1. The molecule has 0 aliphatic heterocycles. The molecule has 21 heavy (non-hydrogen) atoms. The predicted octanol–water partition coefficient (Wildman–Crippen LogP) is 4.21. The van der Waals surface area contributed by atoms with Gasteiger partial charge in [0.1, 0.15) is 0 Å². The minimum Gasteiger partial charge on any atom is -0.357 e. The van der Waals surface area contributed by atoms with Crippen molar-refractivity contribution in [2.45, 2.75) is 26.3 Å². The van der Waals surface area contributed by atoms with Gasteiger partial charge in [-0.1, -0.05) is 18.2 Å². The SMILES string of the molecule is CC(C)(C)Nc1nc(-c2cnn(-c3ccccc3)c2)cs1. The predicted molar refractivity (Wildman–Crippen MR) is 88.0 cm³/mol. The largest absolute Gasteiger partial charge is 0.357 e. The molecule has 3 aromatic rings. The first-order valence-electron chi connectivity index (χ1n) is 6.85. The van der Waals surface area contributed by atoms with Crippen LogP contribution in [-0.4, -0.2) is 20.3 Å². The summed E-state index contributed by atoms with van der Waals surface area (Å²) in [6.45, 7) is 6.38. The Bertz CT molecular complexity index is 722. The van der Waals surface area contributed by atoms with Crippen LogP contribution in [0.5, 0.6) is 0 Å². The highest BCUT2D eigenvalue weighted by Gasteiger charge is 2.13. The van der Waals surface area contributed by atoms with Crippen molar-refractivity contribution in [1.29, 1.82) is 0 Å². The molecule has 1 aromatic carbocycles. The van der Waals surface area contributed by atoms with Gasteiger partial charge in [-0.2, -0.15) is 5.10 Å². The first kappa shape index (κ1) is 13.8. The molecule has 0 bridgehead atoms. The Hall–Kier alpha value is -2.14. The van der Waals surface area contributed by atoms with Crippen molar-refractivity contribution in [3.05, 3.63) is 48.1 Å².